The van der Waals surface area contributed by atoms with Crippen molar-refractivity contribution >= 4 is 70.4 Å². The number of benzene rings is 6. The molecule has 3 heteroatoms. The molecule has 0 bridgehead atoms. The van der Waals surface area contributed by atoms with Crippen LogP contribution in [-0.4, -0.2) is 4.57 Å². The Kier molecular flexibility index (Phi) is 5.92. The molecule has 0 radical (unpaired) electrons. The molecule has 0 saturated heterocycles. The minimum Gasteiger partial charge on any atom is -0.309 e. The number of fused-ring (bicyclic) bond motifs is 6. The maximum atomic E-state index is 2.42. The summed E-state index contributed by atoms with van der Waals surface area (Å²) in [7, 11) is 0. The highest BCUT2D eigenvalue weighted by Gasteiger charge is 2.21. The predicted molar refractivity (Wildman–Crippen MR) is 187 cm³/mol. The van der Waals surface area contributed by atoms with E-state index in [0.717, 1.165) is 17.1 Å². The molecule has 2 heterocycles. The molecule has 8 aromatic rings. The van der Waals surface area contributed by atoms with E-state index in [0.29, 0.717) is 0 Å². The van der Waals surface area contributed by atoms with Gasteiger partial charge >= 0.3 is 0 Å². The van der Waals surface area contributed by atoms with Crippen molar-refractivity contribution in [2.24, 2.45) is 0 Å². The van der Waals surface area contributed by atoms with Crippen LogP contribution in [0.5, 0.6) is 0 Å². The largest absolute Gasteiger partial charge is 0.309 e. The molecule has 0 N–H and O–H groups in total. The van der Waals surface area contributed by atoms with Gasteiger partial charge in [0.2, 0.25) is 0 Å². The second kappa shape index (κ2) is 9.86. The number of para-hydroxylation sites is 2. The molecule has 0 aliphatic rings. The summed E-state index contributed by atoms with van der Waals surface area (Å²) in [5.74, 6) is 0. The summed E-state index contributed by atoms with van der Waals surface area (Å²) in [6.07, 6.45) is 0. The third kappa shape index (κ3) is 4.23. The molecule has 0 atom stereocenters. The average Bonchev–Trinajstić information content (AvgIpc) is 3.58. The summed E-state index contributed by atoms with van der Waals surface area (Å²) in [6.45, 7) is 6.85. The van der Waals surface area contributed by atoms with Crippen LogP contribution in [0.2, 0.25) is 0 Å². The molecule has 2 nitrogen and oxygen atoms in total. The number of anilines is 3. The van der Waals surface area contributed by atoms with Crippen molar-refractivity contribution in [2.45, 2.75) is 26.2 Å². The number of hydrogen-bond donors (Lipinski definition) is 0. The zero-order valence-corrected chi connectivity index (χ0v) is 25.4. The lowest BCUT2D eigenvalue weighted by molar-refractivity contribution is 0.591. The van der Waals surface area contributed by atoms with E-state index in [2.05, 4.69) is 170 Å². The summed E-state index contributed by atoms with van der Waals surface area (Å²) >= 11 is 1.87. The van der Waals surface area contributed by atoms with Crippen molar-refractivity contribution in [1.29, 1.82) is 0 Å². The molecule has 0 saturated carbocycles. The van der Waals surface area contributed by atoms with Gasteiger partial charge < -0.3 is 9.47 Å². The van der Waals surface area contributed by atoms with Crippen molar-refractivity contribution in [2.75, 3.05) is 4.90 Å². The van der Waals surface area contributed by atoms with Crippen LogP contribution in [0.1, 0.15) is 26.3 Å². The van der Waals surface area contributed by atoms with Crippen molar-refractivity contribution in [1.82, 2.24) is 4.57 Å². The minimum absolute atomic E-state index is 0.0844. The Morgan fingerprint density at radius 3 is 2.05 bits per heavy atom. The van der Waals surface area contributed by atoms with E-state index in [4.69, 9.17) is 0 Å². The molecule has 0 unspecified atom stereocenters. The molecule has 43 heavy (non-hydrogen) atoms. The van der Waals surface area contributed by atoms with E-state index in [1.54, 1.807) is 0 Å². The molecular weight excluding hydrogens is 541 g/mol. The highest BCUT2D eigenvalue weighted by atomic mass is 32.1. The minimum atomic E-state index is 0.0844. The number of aromatic nitrogens is 1. The van der Waals surface area contributed by atoms with E-state index in [1.807, 2.05) is 11.3 Å². The monoisotopic (exact) mass is 572 g/mol. The first-order chi connectivity index (χ1) is 21.0. The lowest BCUT2D eigenvalue weighted by atomic mass is 9.86. The highest BCUT2D eigenvalue weighted by molar-refractivity contribution is 7.26. The third-order valence-electron chi connectivity index (χ3n) is 8.52. The molecule has 0 aliphatic heterocycles. The standard InChI is InChI=1S/C40H32N2S/c1-40(2,3)27-23-24-36-34(25-27)31-17-7-9-20-35(31)42(36)30-16-11-15-29(26-30)41(28-13-5-4-6-14-28)37-21-12-19-33-32-18-8-10-22-38(32)43-39(33)37/h4-26H,1-3H3. The van der Waals surface area contributed by atoms with Gasteiger partial charge in [0.25, 0.3) is 0 Å². The highest BCUT2D eigenvalue weighted by Crippen LogP contribution is 2.45. The molecule has 6 aromatic carbocycles. The van der Waals surface area contributed by atoms with E-state index < -0.39 is 0 Å². The van der Waals surface area contributed by atoms with Crippen molar-refractivity contribution < 1.29 is 0 Å². The molecule has 0 amide bonds. The smallest absolute Gasteiger partial charge is 0.0640 e. The van der Waals surface area contributed by atoms with Crippen LogP contribution >= 0.6 is 11.3 Å². The van der Waals surface area contributed by atoms with Gasteiger partial charge in [0.15, 0.2) is 0 Å². The van der Waals surface area contributed by atoms with Gasteiger partial charge in [-0.15, -0.1) is 11.3 Å². The Balaban J connectivity index is 1.37. The average molecular weight is 573 g/mol. The third-order valence-corrected chi connectivity index (χ3v) is 9.73. The quantitative estimate of drug-likeness (QED) is 0.204. The van der Waals surface area contributed by atoms with E-state index in [1.165, 1.54) is 53.2 Å². The van der Waals surface area contributed by atoms with Gasteiger partial charge in [0.05, 0.1) is 21.4 Å². The Bertz CT molecular complexity index is 2280. The van der Waals surface area contributed by atoms with Gasteiger partial charge in [-0.1, -0.05) is 99.6 Å². The topological polar surface area (TPSA) is 8.17 Å². The molecule has 0 spiro atoms. The van der Waals surface area contributed by atoms with Crippen molar-refractivity contribution in [3.8, 4) is 5.69 Å². The first-order valence-electron chi connectivity index (χ1n) is 14.9. The Morgan fingerprint density at radius 1 is 0.535 bits per heavy atom. The van der Waals surface area contributed by atoms with E-state index >= 15 is 0 Å². The summed E-state index contributed by atoms with van der Waals surface area (Å²) in [4.78, 5) is 2.41. The molecular formula is C40H32N2S. The fraction of sp³-hybridized carbons (Fsp3) is 0.100. The van der Waals surface area contributed by atoms with Crippen LogP contribution in [-0.2, 0) is 5.41 Å². The van der Waals surface area contributed by atoms with Gasteiger partial charge in [-0.3, -0.25) is 0 Å². The number of rotatable bonds is 4. The van der Waals surface area contributed by atoms with E-state index in [9.17, 15) is 0 Å². The fourth-order valence-corrected chi connectivity index (χ4v) is 7.61. The maximum absolute atomic E-state index is 2.42. The van der Waals surface area contributed by atoms with Gasteiger partial charge in [-0.05, 0) is 71.6 Å². The normalized spacial score (nSPS) is 12.1. The van der Waals surface area contributed by atoms with Gasteiger partial charge in [0.1, 0.15) is 0 Å². The zero-order valence-electron chi connectivity index (χ0n) is 24.6. The van der Waals surface area contributed by atoms with Crippen LogP contribution < -0.4 is 4.90 Å². The van der Waals surface area contributed by atoms with Crippen LogP contribution in [0, 0.1) is 0 Å². The number of nitrogens with zero attached hydrogens (tertiary/aromatic N) is 2. The lowest BCUT2D eigenvalue weighted by Gasteiger charge is -2.26. The fourth-order valence-electron chi connectivity index (χ4n) is 6.40. The van der Waals surface area contributed by atoms with Crippen LogP contribution in [0.15, 0.2) is 140 Å². The lowest BCUT2D eigenvalue weighted by Crippen LogP contribution is -2.11. The molecule has 2 aromatic heterocycles. The van der Waals surface area contributed by atoms with Crippen LogP contribution in [0.25, 0.3) is 47.7 Å². The van der Waals surface area contributed by atoms with Crippen molar-refractivity contribution in [3.63, 3.8) is 0 Å². The van der Waals surface area contributed by atoms with E-state index in [-0.39, 0.29) is 5.41 Å². The SMILES string of the molecule is CC(C)(C)c1ccc2c(c1)c1ccccc1n2-c1cccc(N(c2ccccc2)c2cccc3c2sc2ccccc23)c1. The molecule has 8 rings (SSSR count). The molecule has 208 valence electrons. The summed E-state index contributed by atoms with van der Waals surface area (Å²) in [5.41, 5.74) is 8.50. The second-order valence-electron chi connectivity index (χ2n) is 12.3. The Hall–Kier alpha value is -4.86. The van der Waals surface area contributed by atoms with Gasteiger partial charge in [-0.25, -0.2) is 0 Å². The summed E-state index contributed by atoms with van der Waals surface area (Å²) in [5, 5.41) is 5.19. The molecule has 0 aliphatic carbocycles. The van der Waals surface area contributed by atoms with Gasteiger partial charge in [0, 0.05) is 43.3 Å². The number of thiophene rings is 1. The first-order valence-corrected chi connectivity index (χ1v) is 15.7. The Morgan fingerprint density at radius 2 is 1.21 bits per heavy atom. The maximum Gasteiger partial charge on any atom is 0.0640 e. The van der Waals surface area contributed by atoms with Crippen LogP contribution in [0.3, 0.4) is 0 Å². The van der Waals surface area contributed by atoms with Crippen molar-refractivity contribution in [3.05, 3.63) is 145 Å². The first kappa shape index (κ1) is 25.8. The van der Waals surface area contributed by atoms with Crippen LogP contribution in [0.4, 0.5) is 17.1 Å². The summed E-state index contributed by atoms with van der Waals surface area (Å²) < 4.78 is 5.03. The van der Waals surface area contributed by atoms with Gasteiger partial charge in [-0.2, -0.15) is 0 Å². The number of hydrogen-bond acceptors (Lipinski definition) is 2. The second-order valence-corrected chi connectivity index (χ2v) is 13.3. The zero-order chi connectivity index (χ0) is 29.1. The predicted octanol–water partition coefficient (Wildman–Crippen LogP) is 11.9. The summed E-state index contributed by atoms with van der Waals surface area (Å²) in [6, 6.07) is 50.9. The molecule has 0 fully saturated rings. The Labute approximate surface area is 256 Å².